The summed E-state index contributed by atoms with van der Waals surface area (Å²) in [6.07, 6.45) is -0.212. The maximum Gasteiger partial charge on any atom is 0.416 e. The molecule has 1 saturated heterocycles. The first-order chi connectivity index (χ1) is 14.6. The van der Waals surface area contributed by atoms with Crippen LogP contribution in [0.15, 0.2) is 18.2 Å². The minimum absolute atomic E-state index is 0.0117. The Hall–Kier alpha value is -2.13. The minimum atomic E-state index is -4.50. The van der Waals surface area contributed by atoms with Gasteiger partial charge in [-0.3, -0.25) is 14.5 Å². The third kappa shape index (κ3) is 7.50. The van der Waals surface area contributed by atoms with Gasteiger partial charge in [0.2, 0.25) is 5.91 Å². The van der Waals surface area contributed by atoms with Gasteiger partial charge in [-0.15, -0.1) is 0 Å². The van der Waals surface area contributed by atoms with Crippen molar-refractivity contribution in [2.75, 3.05) is 39.4 Å². The fourth-order valence-electron chi connectivity index (χ4n) is 3.72. The van der Waals surface area contributed by atoms with E-state index in [2.05, 4.69) is 18.7 Å². The molecule has 2 heterocycles. The molecule has 3 rings (SSSR count). The average Bonchev–Trinajstić information content (AvgIpc) is 3.25. The van der Waals surface area contributed by atoms with Crippen LogP contribution in [0.1, 0.15) is 54.6 Å². The predicted molar refractivity (Wildman–Crippen MR) is 112 cm³/mol. The second kappa shape index (κ2) is 11.5. The van der Waals surface area contributed by atoms with Crippen LogP contribution in [0.3, 0.4) is 0 Å². The third-order valence-electron chi connectivity index (χ3n) is 5.42. The number of likely N-dealkylation sites (tertiary alicyclic amines) is 1. The Kier molecular flexibility index (Phi) is 9.31. The number of nitrogens with zero attached hydrogens (tertiary/aromatic N) is 2. The van der Waals surface area contributed by atoms with Gasteiger partial charge in [0.05, 0.1) is 18.7 Å². The van der Waals surface area contributed by atoms with E-state index in [-0.39, 0.29) is 18.7 Å². The zero-order valence-corrected chi connectivity index (χ0v) is 18.2. The van der Waals surface area contributed by atoms with Crippen LogP contribution in [-0.2, 0) is 22.1 Å². The van der Waals surface area contributed by atoms with Gasteiger partial charge in [0.15, 0.2) is 0 Å². The summed E-state index contributed by atoms with van der Waals surface area (Å²) >= 11 is 0. The molecule has 6 nitrogen and oxygen atoms in total. The molecular weight excluding hydrogens is 411 g/mol. The molecule has 31 heavy (non-hydrogen) atoms. The zero-order chi connectivity index (χ0) is 23.0. The number of rotatable bonds is 7. The van der Waals surface area contributed by atoms with Crippen LogP contribution >= 0.6 is 0 Å². The molecule has 2 aliphatic rings. The Morgan fingerprint density at radius 3 is 2.48 bits per heavy atom. The largest absolute Gasteiger partial charge is 0.416 e. The van der Waals surface area contributed by atoms with Gasteiger partial charge >= 0.3 is 6.18 Å². The fraction of sp³-hybridized carbons (Fsp3) is 0.636. The van der Waals surface area contributed by atoms with E-state index in [1.54, 1.807) is 0 Å². The number of benzene rings is 1. The Morgan fingerprint density at radius 2 is 1.90 bits per heavy atom. The summed E-state index contributed by atoms with van der Waals surface area (Å²) < 4.78 is 43.3. The van der Waals surface area contributed by atoms with Crippen LogP contribution in [0.25, 0.3) is 0 Å². The number of hydrogen-bond donors (Lipinski definition) is 1. The van der Waals surface area contributed by atoms with Crippen molar-refractivity contribution in [1.29, 1.82) is 0 Å². The van der Waals surface area contributed by atoms with Crippen molar-refractivity contribution in [1.82, 2.24) is 9.80 Å². The molecule has 1 aromatic carbocycles. The van der Waals surface area contributed by atoms with Crippen molar-refractivity contribution in [2.45, 2.75) is 51.7 Å². The first kappa shape index (κ1) is 25.1. The van der Waals surface area contributed by atoms with Gasteiger partial charge < -0.3 is 15.4 Å². The summed E-state index contributed by atoms with van der Waals surface area (Å²) in [6.45, 7) is 8.79. The number of amides is 2. The molecule has 2 N–H and O–H groups in total. The van der Waals surface area contributed by atoms with Crippen molar-refractivity contribution in [3.05, 3.63) is 34.9 Å². The highest BCUT2D eigenvalue weighted by Gasteiger charge is 2.33. The molecule has 1 atom stereocenters. The lowest BCUT2D eigenvalue weighted by atomic mass is 9.96. The van der Waals surface area contributed by atoms with E-state index in [1.807, 2.05) is 0 Å². The molecule has 2 aliphatic heterocycles. The molecule has 0 spiro atoms. The lowest BCUT2D eigenvalue weighted by molar-refractivity contribution is -0.137. The molecule has 0 radical (unpaired) electrons. The fourth-order valence-corrected chi connectivity index (χ4v) is 3.72. The molecule has 174 valence electrons. The van der Waals surface area contributed by atoms with E-state index in [0.29, 0.717) is 18.0 Å². The van der Waals surface area contributed by atoms with Crippen LogP contribution < -0.4 is 5.73 Å². The number of carbonyl (C=O) groups is 2. The number of alkyl halides is 3. The standard InChI is InChI=1S/C12H11F3N2O2.C10H21NO/c13-12(14,15)8-2-1-7-3-4-17(6-10(16)18)11(19)9(7)5-8;1-3-8-12-9-10(2)11-6-4-5-7-11/h1-2,5H,3-4,6H2,(H2,16,18);10H,3-9H2,1-2H3. The van der Waals surface area contributed by atoms with Gasteiger partial charge in [0.25, 0.3) is 5.91 Å². The summed E-state index contributed by atoms with van der Waals surface area (Å²) in [5, 5.41) is 0. The second-order valence-electron chi connectivity index (χ2n) is 7.98. The highest BCUT2D eigenvalue weighted by atomic mass is 19.4. The van der Waals surface area contributed by atoms with E-state index in [1.165, 1.54) is 32.0 Å². The highest BCUT2D eigenvalue weighted by molar-refractivity contribution is 5.98. The smallest absolute Gasteiger partial charge is 0.380 e. The van der Waals surface area contributed by atoms with E-state index < -0.39 is 23.6 Å². The van der Waals surface area contributed by atoms with E-state index in [4.69, 9.17) is 10.5 Å². The van der Waals surface area contributed by atoms with Crippen molar-refractivity contribution >= 4 is 11.8 Å². The molecule has 0 aliphatic carbocycles. The zero-order valence-electron chi connectivity index (χ0n) is 18.2. The maximum absolute atomic E-state index is 12.6. The molecule has 1 fully saturated rings. The number of halogens is 3. The molecular formula is C22H32F3N3O3. The second-order valence-corrected chi connectivity index (χ2v) is 7.98. The van der Waals surface area contributed by atoms with Gasteiger partial charge in [-0.1, -0.05) is 13.0 Å². The molecule has 0 aromatic heterocycles. The normalized spacial score (nSPS) is 17.7. The Bertz CT molecular complexity index is 749. The van der Waals surface area contributed by atoms with Gasteiger partial charge in [0, 0.05) is 24.8 Å². The number of nitrogens with two attached hydrogens (primary N) is 1. The molecule has 1 unspecified atom stereocenters. The summed E-state index contributed by atoms with van der Waals surface area (Å²) in [5.41, 5.74) is 4.66. The number of hydrogen-bond acceptors (Lipinski definition) is 4. The highest BCUT2D eigenvalue weighted by Crippen LogP contribution is 2.32. The lowest BCUT2D eigenvalue weighted by Gasteiger charge is -2.28. The third-order valence-corrected chi connectivity index (χ3v) is 5.42. The molecule has 1 aromatic rings. The van der Waals surface area contributed by atoms with Crippen molar-refractivity contribution < 1.29 is 27.5 Å². The van der Waals surface area contributed by atoms with Crippen LogP contribution in [0.2, 0.25) is 0 Å². The van der Waals surface area contributed by atoms with Crippen molar-refractivity contribution in [2.24, 2.45) is 5.73 Å². The van der Waals surface area contributed by atoms with Crippen molar-refractivity contribution in [3.63, 3.8) is 0 Å². The monoisotopic (exact) mass is 443 g/mol. The molecule has 0 bridgehead atoms. The number of carbonyl (C=O) groups excluding carboxylic acids is 2. The van der Waals surface area contributed by atoms with Crippen LogP contribution in [-0.4, -0.2) is 67.0 Å². The van der Waals surface area contributed by atoms with Crippen molar-refractivity contribution in [3.8, 4) is 0 Å². The first-order valence-electron chi connectivity index (χ1n) is 10.7. The van der Waals surface area contributed by atoms with Crippen LogP contribution in [0.4, 0.5) is 13.2 Å². The molecule has 9 heteroatoms. The SMILES string of the molecule is CCCOCC(C)N1CCCC1.NC(=O)CN1CCc2ccc(C(F)(F)F)cc2C1=O. The predicted octanol–water partition coefficient (Wildman–Crippen LogP) is 3.09. The summed E-state index contributed by atoms with van der Waals surface area (Å²) in [4.78, 5) is 26.5. The van der Waals surface area contributed by atoms with Crippen LogP contribution in [0.5, 0.6) is 0 Å². The molecule has 0 saturated carbocycles. The lowest BCUT2D eigenvalue weighted by Crippen LogP contribution is -2.42. The summed E-state index contributed by atoms with van der Waals surface area (Å²) in [5.74, 6) is -1.28. The Morgan fingerprint density at radius 1 is 1.23 bits per heavy atom. The summed E-state index contributed by atoms with van der Waals surface area (Å²) in [7, 11) is 0. The van der Waals surface area contributed by atoms with E-state index in [9.17, 15) is 22.8 Å². The quantitative estimate of drug-likeness (QED) is 0.657. The minimum Gasteiger partial charge on any atom is -0.380 e. The van der Waals surface area contributed by atoms with E-state index in [0.717, 1.165) is 36.7 Å². The maximum atomic E-state index is 12.6. The Labute approximate surface area is 181 Å². The number of ether oxygens (including phenoxy) is 1. The van der Waals surface area contributed by atoms with Gasteiger partial charge in [0.1, 0.15) is 0 Å². The van der Waals surface area contributed by atoms with Gasteiger partial charge in [-0.25, -0.2) is 0 Å². The summed E-state index contributed by atoms with van der Waals surface area (Å²) in [6, 6.07) is 3.71. The van der Waals surface area contributed by atoms with E-state index >= 15 is 0 Å². The topological polar surface area (TPSA) is 75.9 Å². The van der Waals surface area contributed by atoms with Gasteiger partial charge in [-0.2, -0.15) is 13.2 Å². The molecule has 2 amide bonds. The first-order valence-corrected chi connectivity index (χ1v) is 10.7. The number of fused-ring (bicyclic) bond motifs is 1. The number of primary amides is 1. The Balaban J connectivity index is 0.000000245. The average molecular weight is 444 g/mol. The van der Waals surface area contributed by atoms with Crippen LogP contribution in [0, 0.1) is 0 Å². The van der Waals surface area contributed by atoms with Gasteiger partial charge in [-0.05, 0) is 63.4 Å².